The van der Waals surface area contributed by atoms with E-state index in [1.165, 1.54) is 98.6 Å². The van der Waals surface area contributed by atoms with E-state index in [9.17, 15) is 48.4 Å². The molecule has 0 spiro atoms. The van der Waals surface area contributed by atoms with Gasteiger partial charge in [0, 0.05) is 127 Å². The van der Waals surface area contributed by atoms with Gasteiger partial charge in [-0.25, -0.2) is 28.7 Å². The number of aryl methyl sites for hydroxylation is 5. The van der Waals surface area contributed by atoms with Crippen molar-refractivity contribution < 1.29 is 29.2 Å². The van der Waals surface area contributed by atoms with Crippen molar-refractivity contribution in [2.75, 3.05) is 0 Å². The summed E-state index contributed by atoms with van der Waals surface area (Å²) in [5.41, 5.74) is 24.3. The lowest BCUT2D eigenvalue weighted by Crippen LogP contribution is -2.20. The molecule has 0 bridgehead atoms. The zero-order valence-corrected chi connectivity index (χ0v) is 76.6. The summed E-state index contributed by atoms with van der Waals surface area (Å²) in [4.78, 5) is 81.4. The first-order chi connectivity index (χ1) is 62.1. The molecule has 16 aromatic rings. The van der Waals surface area contributed by atoms with Gasteiger partial charge in [-0.05, 0) is 244 Å². The Bertz CT molecular complexity index is 6290. The number of halogens is 3. The Morgan fingerprint density at radius 3 is 0.884 bits per heavy atom. The van der Waals surface area contributed by atoms with Crippen molar-refractivity contribution in [2.45, 2.75) is 164 Å². The van der Waals surface area contributed by atoms with Crippen LogP contribution in [-0.2, 0) is 68.0 Å². The average molecular weight is 1830 g/mol. The summed E-state index contributed by atoms with van der Waals surface area (Å²) >= 11 is 12.1. The van der Waals surface area contributed by atoms with Gasteiger partial charge in [-0.3, -0.25) is 39.6 Å². The van der Waals surface area contributed by atoms with Gasteiger partial charge in [0.25, 0.3) is 22.2 Å². The van der Waals surface area contributed by atoms with Crippen LogP contribution in [0.3, 0.4) is 0 Å². The van der Waals surface area contributed by atoms with Crippen LogP contribution in [0.15, 0.2) is 234 Å². The minimum atomic E-state index is -0.664. The average Bonchev–Trinajstić information content (AvgIpc) is 1.35. The molecular weight excluding hydrogens is 1730 g/mol. The first-order valence-corrected chi connectivity index (χ1v) is 46.1. The molecule has 31 heteroatoms. The quantitative estimate of drug-likeness (QED) is 0.0160. The monoisotopic (exact) mass is 1830 g/mol. The second-order valence-corrected chi connectivity index (χ2v) is 35.2. The van der Waals surface area contributed by atoms with E-state index >= 15 is 0 Å². The van der Waals surface area contributed by atoms with Gasteiger partial charge in [0.2, 0.25) is 0 Å². The molecule has 12 N–H and O–H groups in total. The van der Waals surface area contributed by atoms with Crippen LogP contribution >= 0.6 is 58.6 Å². The number of phenols is 4. The number of benzene rings is 8. The summed E-state index contributed by atoms with van der Waals surface area (Å²) in [6.45, 7) is 20.2. The first kappa shape index (κ1) is 93.5. The highest BCUT2D eigenvalue weighted by Crippen LogP contribution is 2.33. The van der Waals surface area contributed by atoms with Crippen LogP contribution in [0.2, 0.25) is 5.02 Å². The zero-order valence-electron chi connectivity index (χ0n) is 72.6. The molecule has 0 unspecified atom stereocenters. The van der Waals surface area contributed by atoms with E-state index in [1.807, 2.05) is 113 Å². The molecule has 16 rings (SSSR count). The molecule has 0 saturated carbocycles. The second-order valence-electron chi connectivity index (χ2n) is 31.0. The molecule has 8 aromatic heterocycles. The molecule has 129 heavy (non-hydrogen) atoms. The predicted octanol–water partition coefficient (Wildman–Crippen LogP) is 20.3. The van der Waals surface area contributed by atoms with E-state index in [1.54, 1.807) is 67.6 Å². The number of hydrogen-bond acceptors (Lipinski definition) is 20. The van der Waals surface area contributed by atoms with Crippen molar-refractivity contribution in [1.29, 1.82) is 0 Å². The maximum absolute atomic E-state index is 14.1. The minimum absolute atomic E-state index is 0.0689. The van der Waals surface area contributed by atoms with E-state index < -0.39 is 11.6 Å². The maximum atomic E-state index is 14.1. The van der Waals surface area contributed by atoms with Gasteiger partial charge >= 0.3 is 0 Å². The van der Waals surface area contributed by atoms with Crippen molar-refractivity contribution in [3.8, 4) is 68.0 Å². The zero-order chi connectivity index (χ0) is 91.5. The largest absolute Gasteiger partial charge is 0.508 e. The van der Waals surface area contributed by atoms with Gasteiger partial charge in [0.1, 0.15) is 34.6 Å². The molecule has 0 fully saturated rings. The van der Waals surface area contributed by atoms with Gasteiger partial charge in [0.05, 0.1) is 45.6 Å². The summed E-state index contributed by atoms with van der Waals surface area (Å²) in [5, 5.41) is 70.0. The number of nitrogens with zero attached hydrogens (tertiary/aromatic N) is 8. The number of aromatic nitrogens is 16. The number of aromatic amines is 8. The second kappa shape index (κ2) is 43.6. The Hall–Kier alpha value is -13.1. The van der Waals surface area contributed by atoms with Crippen LogP contribution < -0.4 is 22.2 Å². The Morgan fingerprint density at radius 2 is 0.589 bits per heavy atom. The molecule has 8 heterocycles. The van der Waals surface area contributed by atoms with E-state index in [4.69, 9.17) is 26.6 Å². The molecule has 0 aliphatic heterocycles. The molecule has 662 valence electrons. The van der Waals surface area contributed by atoms with E-state index in [0.29, 0.717) is 104 Å². The third-order valence-electron chi connectivity index (χ3n) is 21.6. The minimum Gasteiger partial charge on any atom is -0.508 e. The Labute approximate surface area is 765 Å². The fraction of sp³-hybridized carbons (Fsp3) is 0.224. The third kappa shape index (κ3) is 24.4. The standard InChI is InChI=1S/C26H28N4O2S.C25H26N4O2S.C24H23ClN4O2S.C23H20F2N4O2S/c1-15(2)24-23(13-21-16(3)6-5-7-17(21)4)27-26(28-25(24)32)33-14-19-12-22(30-29-19)18-8-10-20(31)11-9-18;1-4-20-23(13-21-15(2)6-5-7-16(21)3)26-25(27-24(20)31)32-14-18-12-22(29-28-18)17-8-10-19(30)11-9-17;1-3-18-22(12-19-14(2)5-4-6-20(19)25)26-24(27-23(18)31)32-13-16-11-21(29-28-16)15-7-9-17(30)10-8-15;1-2-16-21(11-17-18(24)4-3-5-19(17)25)26-23(27-22(16)31)32-12-14-10-20(29-28-14)13-6-8-15(30)9-7-13/h5-12,15,31H,13-14H2,1-4H3,(H,29,30)(H,27,28,32);5-12,30H,4,13-14H2,1-3H3,(H,28,29)(H,26,27,31);4-11,30H,3,12-13H2,1-2H3,(H,28,29)(H,26,27,31);3-10,30H,2,11-12H2,1H3,(H,28,29)(H,26,27,31). The first-order valence-electron chi connectivity index (χ1n) is 41.8. The summed E-state index contributed by atoms with van der Waals surface area (Å²) in [5.74, 6) is 1.82. The Balaban J connectivity index is 0.000000147. The highest BCUT2D eigenvalue weighted by atomic mass is 35.5. The van der Waals surface area contributed by atoms with Crippen LogP contribution in [0.5, 0.6) is 23.0 Å². The fourth-order valence-electron chi connectivity index (χ4n) is 14.6. The lowest BCUT2D eigenvalue weighted by atomic mass is 9.94. The van der Waals surface area contributed by atoms with Crippen molar-refractivity contribution in [3.05, 3.63) is 370 Å². The van der Waals surface area contributed by atoms with E-state index in [2.05, 4.69) is 130 Å². The normalized spacial score (nSPS) is 11.1. The van der Waals surface area contributed by atoms with Crippen LogP contribution in [-0.4, -0.2) is 101 Å². The Kier molecular flexibility index (Phi) is 31.6. The highest BCUT2D eigenvalue weighted by molar-refractivity contribution is 7.99. The number of nitrogens with one attached hydrogen (secondary N) is 8. The van der Waals surface area contributed by atoms with Crippen LogP contribution in [0.25, 0.3) is 45.0 Å². The van der Waals surface area contributed by atoms with Crippen molar-refractivity contribution in [3.63, 3.8) is 0 Å². The van der Waals surface area contributed by atoms with Gasteiger partial charge in [-0.2, -0.15) is 20.4 Å². The van der Waals surface area contributed by atoms with E-state index in [0.717, 1.165) is 107 Å². The van der Waals surface area contributed by atoms with Crippen LogP contribution in [0.4, 0.5) is 8.78 Å². The van der Waals surface area contributed by atoms with Crippen molar-refractivity contribution in [2.24, 2.45) is 0 Å². The lowest BCUT2D eigenvalue weighted by Gasteiger charge is -2.15. The van der Waals surface area contributed by atoms with E-state index in [-0.39, 0.29) is 63.1 Å². The SMILES string of the molecule is CCc1c(Cc2c(C)cccc2C)nc(SCc2cc(-c3ccc(O)cc3)n[nH]2)[nH]c1=O.CCc1c(Cc2c(C)cccc2Cl)nc(SCc2cc(-c3ccc(O)cc3)n[nH]2)[nH]c1=O.CCc1c(Cc2c(F)cccc2F)nc(SCc2cc(-c3ccc(O)cc3)n[nH]2)[nH]c1=O.Cc1cccc(C)c1Cc1nc(SCc2cc(-c3ccc(O)cc3)n[nH]2)[nH]c(=O)c1C(C)C. The number of aromatic hydroxyl groups is 4. The highest BCUT2D eigenvalue weighted by Gasteiger charge is 2.23. The summed E-state index contributed by atoms with van der Waals surface area (Å²) in [7, 11) is 0. The summed E-state index contributed by atoms with van der Waals surface area (Å²) < 4.78 is 28.2. The third-order valence-corrected chi connectivity index (χ3v) is 25.6. The van der Waals surface area contributed by atoms with Gasteiger partial charge in [-0.1, -0.05) is 148 Å². The number of thioether (sulfide) groups is 4. The molecule has 24 nitrogen and oxygen atoms in total. The molecule has 0 aliphatic carbocycles. The maximum Gasteiger partial charge on any atom is 0.255 e. The van der Waals surface area contributed by atoms with Gasteiger partial charge in [-0.15, -0.1) is 0 Å². The van der Waals surface area contributed by atoms with Gasteiger partial charge < -0.3 is 40.4 Å². The van der Waals surface area contributed by atoms with Gasteiger partial charge in [0.15, 0.2) is 20.6 Å². The van der Waals surface area contributed by atoms with Crippen LogP contribution in [0, 0.1) is 46.3 Å². The van der Waals surface area contributed by atoms with Crippen molar-refractivity contribution >= 4 is 58.6 Å². The molecule has 0 saturated heterocycles. The molecule has 0 amide bonds. The van der Waals surface area contributed by atoms with Crippen molar-refractivity contribution in [1.82, 2.24) is 80.7 Å². The van der Waals surface area contributed by atoms with Crippen LogP contribution in [0.1, 0.15) is 158 Å². The number of H-pyrrole nitrogens is 8. The number of phenolic OH excluding ortho intramolecular Hbond substituents is 4. The molecule has 0 aliphatic rings. The number of rotatable bonds is 28. The number of hydrogen-bond donors (Lipinski definition) is 12. The molecule has 0 radical (unpaired) electrons. The summed E-state index contributed by atoms with van der Waals surface area (Å²) in [6, 6.07) is 57.2. The summed E-state index contributed by atoms with van der Waals surface area (Å²) in [6.07, 6.45) is 3.34. The fourth-order valence-corrected chi connectivity index (χ4v) is 18.0. The smallest absolute Gasteiger partial charge is 0.255 e. The lowest BCUT2D eigenvalue weighted by molar-refractivity contribution is 0.475. The Morgan fingerprint density at radius 1 is 0.333 bits per heavy atom. The molecule has 0 atom stereocenters. The topological polar surface area (TPSA) is 379 Å². The molecule has 8 aromatic carbocycles. The predicted molar refractivity (Wildman–Crippen MR) is 508 cm³/mol. The molecular formula is C98H97ClF2N16O8S4.